The molecule has 110 valence electrons. The molecule has 0 unspecified atom stereocenters. The molecule has 0 aromatic heterocycles. The first-order valence-corrected chi connectivity index (χ1v) is 7.54. The molecule has 0 spiro atoms. The zero-order valence-electron chi connectivity index (χ0n) is 11.6. The SMILES string of the molecule is COC(=O)[C@@H]1C[C@H](Oc2cc(C)c(Cl)c(C)c2Br)CN1. The van der Waals surface area contributed by atoms with Crippen LogP contribution in [0.5, 0.6) is 5.75 Å². The number of halogens is 2. The van der Waals surface area contributed by atoms with Crippen LogP contribution in [-0.2, 0) is 9.53 Å². The van der Waals surface area contributed by atoms with E-state index in [1.54, 1.807) is 0 Å². The number of carbonyl (C=O) groups is 1. The minimum atomic E-state index is -0.293. The molecular weight excluding hydrogens is 346 g/mol. The van der Waals surface area contributed by atoms with Crippen LogP contribution < -0.4 is 10.1 Å². The molecule has 1 aromatic rings. The van der Waals surface area contributed by atoms with E-state index >= 15 is 0 Å². The van der Waals surface area contributed by atoms with Gasteiger partial charge in [0.15, 0.2) is 0 Å². The van der Waals surface area contributed by atoms with Crippen molar-refractivity contribution in [3.8, 4) is 5.75 Å². The van der Waals surface area contributed by atoms with Crippen LogP contribution in [0.25, 0.3) is 0 Å². The summed E-state index contributed by atoms with van der Waals surface area (Å²) in [6.07, 6.45) is 0.537. The maximum Gasteiger partial charge on any atom is 0.323 e. The van der Waals surface area contributed by atoms with Gasteiger partial charge >= 0.3 is 5.97 Å². The van der Waals surface area contributed by atoms with Gasteiger partial charge < -0.3 is 14.8 Å². The van der Waals surface area contributed by atoms with Gasteiger partial charge in [0.2, 0.25) is 0 Å². The fourth-order valence-corrected chi connectivity index (χ4v) is 2.95. The Morgan fingerprint density at radius 1 is 1.50 bits per heavy atom. The Morgan fingerprint density at radius 2 is 2.20 bits per heavy atom. The van der Waals surface area contributed by atoms with E-state index in [1.165, 1.54) is 7.11 Å². The summed E-state index contributed by atoms with van der Waals surface area (Å²) in [6.45, 7) is 4.50. The lowest BCUT2D eigenvalue weighted by atomic mass is 10.1. The van der Waals surface area contributed by atoms with Crippen molar-refractivity contribution < 1.29 is 14.3 Å². The molecule has 0 saturated carbocycles. The van der Waals surface area contributed by atoms with Crippen LogP contribution in [0, 0.1) is 13.8 Å². The average molecular weight is 363 g/mol. The van der Waals surface area contributed by atoms with Crippen LogP contribution >= 0.6 is 27.5 Å². The molecule has 0 bridgehead atoms. The Bertz CT molecular complexity index is 536. The van der Waals surface area contributed by atoms with Gasteiger partial charge in [-0.1, -0.05) is 11.6 Å². The van der Waals surface area contributed by atoms with E-state index in [4.69, 9.17) is 21.1 Å². The van der Waals surface area contributed by atoms with Gasteiger partial charge in [0, 0.05) is 18.0 Å². The minimum Gasteiger partial charge on any atom is -0.488 e. The molecule has 1 N–H and O–H groups in total. The number of aryl methyl sites for hydroxylation is 1. The third-order valence-electron chi connectivity index (χ3n) is 3.44. The van der Waals surface area contributed by atoms with E-state index in [0.717, 1.165) is 26.4 Å². The van der Waals surface area contributed by atoms with Gasteiger partial charge in [-0.2, -0.15) is 0 Å². The zero-order chi connectivity index (χ0) is 14.9. The smallest absolute Gasteiger partial charge is 0.323 e. The predicted molar refractivity (Wildman–Crippen MR) is 81.5 cm³/mol. The van der Waals surface area contributed by atoms with Gasteiger partial charge in [-0.3, -0.25) is 4.79 Å². The summed E-state index contributed by atoms with van der Waals surface area (Å²) in [7, 11) is 1.39. The van der Waals surface area contributed by atoms with Crippen molar-refractivity contribution in [2.45, 2.75) is 32.4 Å². The molecule has 1 fully saturated rings. The Morgan fingerprint density at radius 3 is 2.85 bits per heavy atom. The summed E-state index contributed by atoms with van der Waals surface area (Å²) in [5.74, 6) is 0.500. The van der Waals surface area contributed by atoms with Crippen LogP contribution in [0.3, 0.4) is 0 Å². The molecule has 2 atom stereocenters. The summed E-state index contributed by atoms with van der Waals surface area (Å²) >= 11 is 9.70. The van der Waals surface area contributed by atoms with E-state index in [9.17, 15) is 4.79 Å². The predicted octanol–water partition coefficient (Wildman–Crippen LogP) is 3.00. The number of carbonyl (C=O) groups excluding carboxylic acids is 1. The maximum atomic E-state index is 11.5. The standard InChI is InChI=1S/C14H17BrClNO3/c1-7-4-11(12(15)8(2)13(7)16)20-9-5-10(17-6-9)14(18)19-3/h4,9-10,17H,5-6H2,1-3H3/t9-,10-/m0/s1. The van der Waals surface area contributed by atoms with Crippen molar-refractivity contribution in [1.82, 2.24) is 5.32 Å². The second kappa shape index (κ2) is 6.33. The Hall–Kier alpha value is -0.780. The van der Waals surface area contributed by atoms with E-state index in [0.29, 0.717) is 13.0 Å². The van der Waals surface area contributed by atoms with E-state index < -0.39 is 0 Å². The van der Waals surface area contributed by atoms with Gasteiger partial charge in [0.25, 0.3) is 0 Å². The van der Waals surface area contributed by atoms with Crippen LogP contribution in [0.2, 0.25) is 5.02 Å². The molecule has 1 aliphatic heterocycles. The molecule has 1 heterocycles. The number of hydrogen-bond acceptors (Lipinski definition) is 4. The molecule has 0 aliphatic carbocycles. The minimum absolute atomic E-state index is 0.0598. The van der Waals surface area contributed by atoms with Crippen LogP contribution in [0.15, 0.2) is 10.5 Å². The molecule has 6 heteroatoms. The lowest BCUT2D eigenvalue weighted by Crippen LogP contribution is -2.31. The van der Waals surface area contributed by atoms with Crippen molar-refractivity contribution in [3.05, 3.63) is 26.7 Å². The maximum absolute atomic E-state index is 11.5. The summed E-state index contributed by atoms with van der Waals surface area (Å²) in [6, 6.07) is 1.61. The van der Waals surface area contributed by atoms with Crippen molar-refractivity contribution in [2.24, 2.45) is 0 Å². The van der Waals surface area contributed by atoms with Gasteiger partial charge in [0.1, 0.15) is 17.9 Å². The van der Waals surface area contributed by atoms with E-state index in [1.807, 2.05) is 19.9 Å². The van der Waals surface area contributed by atoms with Crippen molar-refractivity contribution in [3.63, 3.8) is 0 Å². The molecule has 0 radical (unpaired) electrons. The highest BCUT2D eigenvalue weighted by Gasteiger charge is 2.31. The second-order valence-electron chi connectivity index (χ2n) is 4.90. The number of benzene rings is 1. The Labute approximate surface area is 131 Å². The quantitative estimate of drug-likeness (QED) is 0.840. The summed E-state index contributed by atoms with van der Waals surface area (Å²) in [4.78, 5) is 11.5. The number of rotatable bonds is 3. The van der Waals surface area contributed by atoms with Gasteiger partial charge in [0.05, 0.1) is 11.6 Å². The third kappa shape index (κ3) is 3.10. The van der Waals surface area contributed by atoms with Crippen LogP contribution in [0.4, 0.5) is 0 Å². The first-order valence-electron chi connectivity index (χ1n) is 6.37. The summed E-state index contributed by atoms with van der Waals surface area (Å²) < 4.78 is 11.6. The number of esters is 1. The topological polar surface area (TPSA) is 47.6 Å². The Kier molecular flexibility index (Phi) is 4.94. The fraction of sp³-hybridized carbons (Fsp3) is 0.500. The summed E-state index contributed by atoms with van der Waals surface area (Å²) in [5.41, 5.74) is 1.93. The number of ether oxygens (including phenoxy) is 2. The zero-order valence-corrected chi connectivity index (χ0v) is 14.0. The van der Waals surface area contributed by atoms with Crippen LogP contribution in [0.1, 0.15) is 17.5 Å². The van der Waals surface area contributed by atoms with Crippen molar-refractivity contribution in [1.29, 1.82) is 0 Å². The molecule has 1 aliphatic rings. The lowest BCUT2D eigenvalue weighted by molar-refractivity contribution is -0.142. The van der Waals surface area contributed by atoms with Crippen molar-refractivity contribution >= 4 is 33.5 Å². The molecular formula is C14H17BrClNO3. The first-order chi connectivity index (χ1) is 9.43. The fourth-order valence-electron chi connectivity index (χ4n) is 2.28. The van der Waals surface area contributed by atoms with Crippen LogP contribution in [-0.4, -0.2) is 31.8 Å². The molecule has 1 saturated heterocycles. The number of methoxy groups -OCH3 is 1. The molecule has 0 amide bonds. The highest BCUT2D eigenvalue weighted by atomic mass is 79.9. The van der Waals surface area contributed by atoms with Crippen molar-refractivity contribution in [2.75, 3.05) is 13.7 Å². The highest BCUT2D eigenvalue weighted by Crippen LogP contribution is 2.36. The normalized spacial score (nSPS) is 21.9. The molecule has 4 nitrogen and oxygen atoms in total. The number of hydrogen-bond donors (Lipinski definition) is 1. The second-order valence-corrected chi connectivity index (χ2v) is 6.08. The largest absolute Gasteiger partial charge is 0.488 e. The monoisotopic (exact) mass is 361 g/mol. The van der Waals surface area contributed by atoms with Gasteiger partial charge in [-0.25, -0.2) is 0 Å². The summed E-state index contributed by atoms with van der Waals surface area (Å²) in [5, 5.41) is 3.83. The van der Waals surface area contributed by atoms with Gasteiger partial charge in [-0.15, -0.1) is 0 Å². The molecule has 2 rings (SSSR count). The lowest BCUT2D eigenvalue weighted by Gasteiger charge is -2.17. The Balaban J connectivity index is 2.11. The van der Waals surface area contributed by atoms with E-state index in [2.05, 4.69) is 21.2 Å². The average Bonchev–Trinajstić information content (AvgIpc) is 2.90. The third-order valence-corrected chi connectivity index (χ3v) is 5.01. The molecule has 1 aromatic carbocycles. The van der Waals surface area contributed by atoms with Gasteiger partial charge in [-0.05, 0) is 47.0 Å². The van der Waals surface area contributed by atoms with E-state index in [-0.39, 0.29) is 18.1 Å². The highest BCUT2D eigenvalue weighted by molar-refractivity contribution is 9.10. The first kappa shape index (κ1) is 15.6. The number of nitrogens with one attached hydrogen (secondary N) is 1. The molecule has 20 heavy (non-hydrogen) atoms.